The molecular formula is C16H22N2O. The van der Waals surface area contributed by atoms with Gasteiger partial charge in [-0.25, -0.2) is 0 Å². The number of ether oxygens (including phenoxy) is 1. The average molecular weight is 258 g/mol. The Hall–Kier alpha value is -1.58. The molecule has 0 amide bonds. The first-order valence-corrected chi connectivity index (χ1v) is 6.78. The van der Waals surface area contributed by atoms with Crippen LogP contribution < -0.4 is 16.2 Å². The highest BCUT2D eigenvalue weighted by Crippen LogP contribution is 2.25. The minimum atomic E-state index is 0.0954. The van der Waals surface area contributed by atoms with Crippen LogP contribution in [-0.4, -0.2) is 13.7 Å². The van der Waals surface area contributed by atoms with Gasteiger partial charge in [0.05, 0.1) is 7.11 Å². The summed E-state index contributed by atoms with van der Waals surface area (Å²) in [6.45, 7) is 0.740. The molecule has 0 saturated carbocycles. The van der Waals surface area contributed by atoms with E-state index in [9.17, 15) is 0 Å². The van der Waals surface area contributed by atoms with Gasteiger partial charge in [0, 0.05) is 6.04 Å². The lowest BCUT2D eigenvalue weighted by Crippen LogP contribution is -2.11. The maximum atomic E-state index is 6.22. The highest BCUT2D eigenvalue weighted by molar-refractivity contribution is 5.84. The number of fused-ring (bicyclic) bond motifs is 1. The lowest BCUT2D eigenvalue weighted by atomic mass is 9.98. The van der Waals surface area contributed by atoms with Crippen molar-refractivity contribution in [2.45, 2.75) is 25.3 Å². The summed E-state index contributed by atoms with van der Waals surface area (Å²) in [5, 5.41) is 2.38. The van der Waals surface area contributed by atoms with E-state index in [1.165, 1.54) is 16.3 Å². The van der Waals surface area contributed by atoms with Crippen molar-refractivity contribution in [1.29, 1.82) is 0 Å². The lowest BCUT2D eigenvalue weighted by molar-refractivity contribution is 0.415. The van der Waals surface area contributed by atoms with E-state index in [4.69, 9.17) is 16.2 Å². The second-order valence-electron chi connectivity index (χ2n) is 4.86. The number of unbranched alkanes of at least 4 members (excludes halogenated alkanes) is 1. The number of hydrogen-bond acceptors (Lipinski definition) is 3. The third-order valence-electron chi connectivity index (χ3n) is 3.47. The Balaban J connectivity index is 2.16. The third kappa shape index (κ3) is 3.46. The van der Waals surface area contributed by atoms with E-state index in [1.54, 1.807) is 7.11 Å². The Bertz CT molecular complexity index is 539. The number of benzene rings is 2. The Morgan fingerprint density at radius 1 is 1.05 bits per heavy atom. The zero-order chi connectivity index (χ0) is 13.7. The molecule has 2 aromatic rings. The van der Waals surface area contributed by atoms with Crippen LogP contribution in [-0.2, 0) is 0 Å². The van der Waals surface area contributed by atoms with Gasteiger partial charge in [-0.15, -0.1) is 0 Å². The predicted octanol–water partition coefficient (Wildman–Crippen LogP) is 2.98. The molecule has 0 spiro atoms. The molecule has 2 aromatic carbocycles. The largest absolute Gasteiger partial charge is 0.497 e. The zero-order valence-electron chi connectivity index (χ0n) is 11.4. The molecule has 0 aliphatic rings. The van der Waals surface area contributed by atoms with Crippen LogP contribution in [0.4, 0.5) is 0 Å². The van der Waals surface area contributed by atoms with Crippen LogP contribution in [0.1, 0.15) is 30.9 Å². The summed E-state index contributed by atoms with van der Waals surface area (Å²) >= 11 is 0. The molecular weight excluding hydrogens is 236 g/mol. The smallest absolute Gasteiger partial charge is 0.119 e. The topological polar surface area (TPSA) is 61.3 Å². The summed E-state index contributed by atoms with van der Waals surface area (Å²) in [6.07, 6.45) is 3.11. The molecule has 1 atom stereocenters. The van der Waals surface area contributed by atoms with Gasteiger partial charge in [0.15, 0.2) is 0 Å². The Kier molecular flexibility index (Phi) is 4.77. The summed E-state index contributed by atoms with van der Waals surface area (Å²) in [5.41, 5.74) is 12.9. The summed E-state index contributed by atoms with van der Waals surface area (Å²) < 4.78 is 5.23. The standard InChI is InChI=1S/C16H22N2O/c1-19-15-8-7-12-10-14(6-5-13(12)11-15)16(18)4-2-3-9-17/h5-8,10-11,16H,2-4,9,17-18H2,1H3/t16-/m0/s1. The minimum absolute atomic E-state index is 0.0954. The number of rotatable bonds is 6. The highest BCUT2D eigenvalue weighted by Gasteiger charge is 2.06. The molecule has 102 valence electrons. The van der Waals surface area contributed by atoms with Gasteiger partial charge in [-0.3, -0.25) is 0 Å². The zero-order valence-corrected chi connectivity index (χ0v) is 11.4. The van der Waals surface area contributed by atoms with Gasteiger partial charge < -0.3 is 16.2 Å². The lowest BCUT2D eigenvalue weighted by Gasteiger charge is -2.13. The van der Waals surface area contributed by atoms with E-state index in [2.05, 4.69) is 24.3 Å². The van der Waals surface area contributed by atoms with Crippen molar-refractivity contribution in [1.82, 2.24) is 0 Å². The first kappa shape index (κ1) is 13.8. The van der Waals surface area contributed by atoms with Crippen molar-refractivity contribution < 1.29 is 4.74 Å². The van der Waals surface area contributed by atoms with Crippen LogP contribution in [0.5, 0.6) is 5.75 Å². The van der Waals surface area contributed by atoms with Gasteiger partial charge in [-0.1, -0.05) is 24.6 Å². The van der Waals surface area contributed by atoms with E-state index >= 15 is 0 Å². The van der Waals surface area contributed by atoms with Gasteiger partial charge in [0.2, 0.25) is 0 Å². The molecule has 2 rings (SSSR count). The third-order valence-corrected chi connectivity index (χ3v) is 3.47. The van der Waals surface area contributed by atoms with Gasteiger partial charge in [-0.05, 0) is 53.9 Å². The van der Waals surface area contributed by atoms with Gasteiger partial charge in [-0.2, -0.15) is 0 Å². The molecule has 0 unspecified atom stereocenters. The molecule has 0 bridgehead atoms. The summed E-state index contributed by atoms with van der Waals surface area (Å²) in [4.78, 5) is 0. The second kappa shape index (κ2) is 6.55. The van der Waals surface area contributed by atoms with E-state index in [0.717, 1.165) is 31.6 Å². The van der Waals surface area contributed by atoms with Gasteiger partial charge in [0.25, 0.3) is 0 Å². The van der Waals surface area contributed by atoms with Crippen LogP contribution in [0.25, 0.3) is 10.8 Å². The summed E-state index contributed by atoms with van der Waals surface area (Å²) in [7, 11) is 1.68. The predicted molar refractivity (Wildman–Crippen MR) is 80.3 cm³/mol. The van der Waals surface area contributed by atoms with Crippen molar-refractivity contribution >= 4 is 10.8 Å². The van der Waals surface area contributed by atoms with Crippen molar-refractivity contribution in [3.8, 4) is 5.75 Å². The van der Waals surface area contributed by atoms with E-state index in [0.29, 0.717) is 0 Å². The normalized spacial score (nSPS) is 12.6. The van der Waals surface area contributed by atoms with Crippen molar-refractivity contribution in [2.75, 3.05) is 13.7 Å². The number of hydrogen-bond donors (Lipinski definition) is 2. The van der Waals surface area contributed by atoms with Gasteiger partial charge >= 0.3 is 0 Å². The van der Waals surface area contributed by atoms with Crippen LogP contribution in [0.3, 0.4) is 0 Å². The Labute approximate surface area is 114 Å². The Morgan fingerprint density at radius 2 is 1.79 bits per heavy atom. The monoisotopic (exact) mass is 258 g/mol. The van der Waals surface area contributed by atoms with Crippen LogP contribution >= 0.6 is 0 Å². The van der Waals surface area contributed by atoms with Gasteiger partial charge in [0.1, 0.15) is 5.75 Å². The van der Waals surface area contributed by atoms with Crippen molar-refractivity contribution in [2.24, 2.45) is 11.5 Å². The molecule has 0 aliphatic carbocycles. The Morgan fingerprint density at radius 3 is 2.53 bits per heavy atom. The summed E-state index contributed by atoms with van der Waals surface area (Å²) in [5.74, 6) is 0.882. The van der Waals surface area contributed by atoms with E-state index < -0.39 is 0 Å². The maximum absolute atomic E-state index is 6.22. The van der Waals surface area contributed by atoms with Crippen molar-refractivity contribution in [3.63, 3.8) is 0 Å². The fourth-order valence-corrected chi connectivity index (χ4v) is 2.28. The molecule has 0 saturated heterocycles. The first-order chi connectivity index (χ1) is 9.24. The summed E-state index contributed by atoms with van der Waals surface area (Å²) in [6, 6.07) is 12.6. The van der Waals surface area contributed by atoms with Crippen LogP contribution in [0.15, 0.2) is 36.4 Å². The van der Waals surface area contributed by atoms with E-state index in [-0.39, 0.29) is 6.04 Å². The molecule has 0 aliphatic heterocycles. The van der Waals surface area contributed by atoms with E-state index in [1.807, 2.05) is 12.1 Å². The number of nitrogens with two attached hydrogens (primary N) is 2. The molecule has 3 heteroatoms. The molecule has 19 heavy (non-hydrogen) atoms. The molecule has 0 heterocycles. The quantitative estimate of drug-likeness (QED) is 0.783. The molecule has 4 N–H and O–H groups in total. The molecule has 3 nitrogen and oxygen atoms in total. The fraction of sp³-hybridized carbons (Fsp3) is 0.375. The first-order valence-electron chi connectivity index (χ1n) is 6.78. The molecule has 0 fully saturated rings. The molecule has 0 radical (unpaired) electrons. The SMILES string of the molecule is COc1ccc2cc([C@@H](N)CCCCN)ccc2c1. The van der Waals surface area contributed by atoms with Crippen molar-refractivity contribution in [3.05, 3.63) is 42.0 Å². The fourth-order valence-electron chi connectivity index (χ4n) is 2.28. The van der Waals surface area contributed by atoms with Crippen LogP contribution in [0, 0.1) is 0 Å². The second-order valence-corrected chi connectivity index (χ2v) is 4.86. The average Bonchev–Trinajstić information content (AvgIpc) is 2.46. The van der Waals surface area contributed by atoms with Crippen LogP contribution in [0.2, 0.25) is 0 Å². The highest BCUT2D eigenvalue weighted by atomic mass is 16.5. The number of methoxy groups -OCH3 is 1. The maximum Gasteiger partial charge on any atom is 0.119 e. The minimum Gasteiger partial charge on any atom is -0.497 e. The molecule has 0 aromatic heterocycles.